The van der Waals surface area contributed by atoms with Gasteiger partial charge >= 0.3 is 0 Å². The number of nitrogens with two attached hydrogens (primary N) is 1. The molecule has 0 aromatic heterocycles. The van der Waals surface area contributed by atoms with Crippen molar-refractivity contribution in [2.45, 2.75) is 13.1 Å². The summed E-state index contributed by atoms with van der Waals surface area (Å²) in [6.07, 6.45) is 0.394. The van der Waals surface area contributed by atoms with Crippen LogP contribution in [0.4, 0.5) is 0 Å². The van der Waals surface area contributed by atoms with Gasteiger partial charge in [0.1, 0.15) is 0 Å². The van der Waals surface area contributed by atoms with E-state index in [0.29, 0.717) is 12.7 Å². The minimum absolute atomic E-state index is 0.394. The lowest BCUT2D eigenvalue weighted by Gasteiger charge is -2.34. The molecule has 1 atom stereocenters. The zero-order valence-corrected chi connectivity index (χ0v) is 8.34. The van der Waals surface area contributed by atoms with Crippen LogP contribution in [0.2, 0.25) is 0 Å². The van der Waals surface area contributed by atoms with Crippen LogP contribution in [0.5, 0.6) is 0 Å². The van der Waals surface area contributed by atoms with Gasteiger partial charge in [-0.2, -0.15) is 0 Å². The van der Waals surface area contributed by atoms with Gasteiger partial charge in [0, 0.05) is 39.3 Å². The summed E-state index contributed by atoms with van der Waals surface area (Å²) < 4.78 is 0. The van der Waals surface area contributed by atoms with Crippen LogP contribution < -0.4 is 21.8 Å². The van der Waals surface area contributed by atoms with Crippen molar-refractivity contribution in [3.63, 3.8) is 0 Å². The molecule has 5 N–H and O–H groups in total. The fourth-order valence-corrected chi connectivity index (χ4v) is 1.51. The lowest BCUT2D eigenvalue weighted by Crippen LogP contribution is -2.61. The summed E-state index contributed by atoms with van der Waals surface area (Å²) in [6.45, 7) is 7.73. The Balaban J connectivity index is 2.26. The van der Waals surface area contributed by atoms with Gasteiger partial charge in [-0.25, -0.2) is 5.01 Å². The van der Waals surface area contributed by atoms with E-state index < -0.39 is 0 Å². The summed E-state index contributed by atoms with van der Waals surface area (Å²) in [5.74, 6) is 0. The topological polar surface area (TPSA) is 65.3 Å². The molecule has 0 spiro atoms. The van der Waals surface area contributed by atoms with Crippen LogP contribution in [-0.2, 0) is 0 Å². The molecule has 1 heterocycles. The molecule has 78 valence electrons. The van der Waals surface area contributed by atoms with Gasteiger partial charge in [0.25, 0.3) is 0 Å². The van der Waals surface area contributed by atoms with Gasteiger partial charge < -0.3 is 11.1 Å². The van der Waals surface area contributed by atoms with Crippen molar-refractivity contribution < 1.29 is 0 Å². The maximum Gasteiger partial charge on any atom is 0.0859 e. The number of nitrogens with one attached hydrogen (secondary N) is 3. The summed E-state index contributed by atoms with van der Waals surface area (Å²) in [5.41, 5.74) is 8.73. The molecule has 0 radical (unpaired) electrons. The number of nitrogens with zero attached hydrogens (tertiary/aromatic N) is 1. The molecule has 1 aliphatic heterocycles. The quantitative estimate of drug-likeness (QED) is 0.386. The molecular formula is C8H21N5. The highest BCUT2D eigenvalue weighted by atomic mass is 15.6. The predicted octanol–water partition coefficient (Wildman–Crippen LogP) is -1.71. The average Bonchev–Trinajstić information content (AvgIpc) is 2.21. The molecule has 0 aromatic rings. The predicted molar refractivity (Wildman–Crippen MR) is 54.1 cm³/mol. The molecule has 5 heteroatoms. The Kier molecular flexibility index (Phi) is 5.26. The second kappa shape index (κ2) is 6.28. The minimum atomic E-state index is 0.394. The third-order valence-electron chi connectivity index (χ3n) is 2.20. The van der Waals surface area contributed by atoms with E-state index in [1.54, 1.807) is 0 Å². The summed E-state index contributed by atoms with van der Waals surface area (Å²) in [7, 11) is 0. The SMILES string of the molecule is CCN(NCCN)C1CNCCN1. The molecule has 1 fully saturated rings. The third-order valence-corrected chi connectivity index (χ3v) is 2.20. The molecule has 1 aliphatic rings. The van der Waals surface area contributed by atoms with Gasteiger partial charge in [0.15, 0.2) is 0 Å². The van der Waals surface area contributed by atoms with Gasteiger partial charge in [-0.3, -0.25) is 10.7 Å². The van der Waals surface area contributed by atoms with Crippen molar-refractivity contribution in [3.05, 3.63) is 0 Å². The van der Waals surface area contributed by atoms with Crippen LogP contribution >= 0.6 is 0 Å². The van der Waals surface area contributed by atoms with Crippen molar-refractivity contribution in [3.8, 4) is 0 Å². The van der Waals surface area contributed by atoms with Crippen LogP contribution in [0.15, 0.2) is 0 Å². The second-order valence-electron chi connectivity index (χ2n) is 3.16. The number of hydrogen-bond acceptors (Lipinski definition) is 5. The Labute approximate surface area is 80.0 Å². The van der Waals surface area contributed by atoms with Gasteiger partial charge in [-0.05, 0) is 0 Å². The van der Waals surface area contributed by atoms with Crippen LogP contribution in [0.1, 0.15) is 6.92 Å². The normalized spacial score (nSPS) is 23.8. The second-order valence-corrected chi connectivity index (χ2v) is 3.16. The monoisotopic (exact) mass is 187 g/mol. The van der Waals surface area contributed by atoms with E-state index in [-0.39, 0.29) is 0 Å². The Bertz CT molecular complexity index is 124. The molecule has 0 aromatic carbocycles. The highest BCUT2D eigenvalue weighted by Crippen LogP contribution is 1.93. The molecule has 0 aliphatic carbocycles. The van der Waals surface area contributed by atoms with E-state index in [0.717, 1.165) is 32.7 Å². The summed E-state index contributed by atoms with van der Waals surface area (Å²) >= 11 is 0. The largest absolute Gasteiger partial charge is 0.329 e. The van der Waals surface area contributed by atoms with Crippen molar-refractivity contribution in [2.24, 2.45) is 5.73 Å². The van der Waals surface area contributed by atoms with Gasteiger partial charge in [0.2, 0.25) is 0 Å². The molecular weight excluding hydrogens is 166 g/mol. The van der Waals surface area contributed by atoms with Crippen molar-refractivity contribution in [1.82, 2.24) is 21.1 Å². The number of rotatable bonds is 5. The maximum atomic E-state index is 5.44. The zero-order chi connectivity index (χ0) is 9.52. The van der Waals surface area contributed by atoms with Gasteiger partial charge in [-0.1, -0.05) is 6.92 Å². The molecule has 1 saturated heterocycles. The smallest absolute Gasteiger partial charge is 0.0859 e. The van der Waals surface area contributed by atoms with Gasteiger partial charge in [0.05, 0.1) is 6.17 Å². The lowest BCUT2D eigenvalue weighted by molar-refractivity contribution is 0.0965. The van der Waals surface area contributed by atoms with Crippen molar-refractivity contribution in [2.75, 3.05) is 39.3 Å². The minimum Gasteiger partial charge on any atom is -0.329 e. The lowest BCUT2D eigenvalue weighted by atomic mass is 10.3. The number of hydrogen-bond donors (Lipinski definition) is 4. The average molecular weight is 187 g/mol. The molecule has 13 heavy (non-hydrogen) atoms. The molecule has 0 bridgehead atoms. The summed E-state index contributed by atoms with van der Waals surface area (Å²) in [4.78, 5) is 0. The van der Waals surface area contributed by atoms with Crippen LogP contribution in [-0.4, -0.2) is 50.4 Å². The highest BCUT2D eigenvalue weighted by molar-refractivity contribution is 4.74. The zero-order valence-electron chi connectivity index (χ0n) is 8.34. The number of hydrazine groups is 1. The van der Waals surface area contributed by atoms with Gasteiger partial charge in [-0.15, -0.1) is 0 Å². The summed E-state index contributed by atoms with van der Waals surface area (Å²) in [6, 6.07) is 0. The standard InChI is InChI=1S/C8H21N5/c1-2-13(12-4-3-9)8-7-10-5-6-11-8/h8,10-12H,2-7,9H2,1H3. The fourth-order valence-electron chi connectivity index (χ4n) is 1.51. The van der Waals surface area contributed by atoms with Crippen LogP contribution in [0, 0.1) is 0 Å². The molecule has 0 amide bonds. The first kappa shape index (κ1) is 10.9. The van der Waals surface area contributed by atoms with E-state index in [9.17, 15) is 0 Å². The fraction of sp³-hybridized carbons (Fsp3) is 1.00. The molecule has 5 nitrogen and oxygen atoms in total. The Morgan fingerprint density at radius 1 is 1.54 bits per heavy atom. The van der Waals surface area contributed by atoms with Crippen LogP contribution in [0.25, 0.3) is 0 Å². The summed E-state index contributed by atoms with van der Waals surface area (Å²) in [5, 5.41) is 8.98. The highest BCUT2D eigenvalue weighted by Gasteiger charge is 2.17. The Morgan fingerprint density at radius 2 is 2.38 bits per heavy atom. The first-order valence-corrected chi connectivity index (χ1v) is 5.02. The van der Waals surface area contributed by atoms with Crippen molar-refractivity contribution >= 4 is 0 Å². The first-order valence-electron chi connectivity index (χ1n) is 5.02. The van der Waals surface area contributed by atoms with E-state index >= 15 is 0 Å². The van der Waals surface area contributed by atoms with Crippen LogP contribution in [0.3, 0.4) is 0 Å². The maximum absolute atomic E-state index is 5.44. The molecule has 1 unspecified atom stereocenters. The Hall–Kier alpha value is -0.200. The van der Waals surface area contributed by atoms with E-state index in [2.05, 4.69) is 28.0 Å². The van der Waals surface area contributed by atoms with E-state index in [4.69, 9.17) is 5.73 Å². The molecule has 1 rings (SSSR count). The van der Waals surface area contributed by atoms with E-state index in [1.807, 2.05) is 0 Å². The van der Waals surface area contributed by atoms with E-state index in [1.165, 1.54) is 0 Å². The first-order chi connectivity index (χ1) is 6.38. The molecule has 0 saturated carbocycles. The van der Waals surface area contributed by atoms with Crippen molar-refractivity contribution in [1.29, 1.82) is 0 Å². The number of piperazine rings is 1. The third kappa shape index (κ3) is 3.58. The Morgan fingerprint density at radius 3 is 2.92 bits per heavy atom. The number of likely N-dealkylation sites (N-methyl/N-ethyl adjacent to an activating group) is 1.